The van der Waals surface area contributed by atoms with Gasteiger partial charge in [-0.15, -0.1) is 0 Å². The van der Waals surface area contributed by atoms with Gasteiger partial charge in [-0.25, -0.2) is 10.8 Å². The summed E-state index contributed by atoms with van der Waals surface area (Å²) in [7, 11) is 1.60. The van der Waals surface area contributed by atoms with E-state index in [2.05, 4.69) is 15.7 Å². The molecule has 6 heteroatoms. The van der Waals surface area contributed by atoms with Gasteiger partial charge in [0.2, 0.25) is 5.96 Å². The number of aliphatic imine (C=N–C) groups is 1. The molecule has 0 heterocycles. The number of nitrogens with one attached hydrogen (secondary N) is 2. The topological polar surface area (TPSA) is 71.7 Å². The second kappa shape index (κ2) is 5.25. The molecule has 0 amide bonds. The van der Waals surface area contributed by atoms with Crippen molar-refractivity contribution in [1.29, 1.82) is 0 Å². The summed E-state index contributed by atoms with van der Waals surface area (Å²) in [6, 6.07) is 5.69. The van der Waals surface area contributed by atoms with E-state index in [1.807, 2.05) is 0 Å². The monoisotopic (exact) mass is 254 g/mol. The number of guanidine groups is 1. The summed E-state index contributed by atoms with van der Waals surface area (Å²) in [5.41, 5.74) is 3.27. The van der Waals surface area contributed by atoms with Gasteiger partial charge in [-0.05, 0) is 31.0 Å². The number of hydrazine groups is 1. The fourth-order valence-electron chi connectivity index (χ4n) is 1.40. The summed E-state index contributed by atoms with van der Waals surface area (Å²) in [4.78, 5) is 4.38. The smallest absolute Gasteiger partial charge is 0.210 e. The van der Waals surface area contributed by atoms with Crippen LogP contribution in [0.3, 0.4) is 0 Å². The molecule has 1 aromatic rings. The van der Waals surface area contributed by atoms with Gasteiger partial charge in [0.25, 0.3) is 0 Å². The van der Waals surface area contributed by atoms with Crippen LogP contribution in [0.1, 0.15) is 12.8 Å². The normalized spacial score (nSPS) is 15.6. The first-order valence-corrected chi connectivity index (χ1v) is 5.75. The highest BCUT2D eigenvalue weighted by Gasteiger charge is 2.21. The molecule has 1 aromatic carbocycles. The molecule has 0 aromatic heterocycles. The van der Waals surface area contributed by atoms with E-state index in [0.29, 0.717) is 22.8 Å². The third-order valence-corrected chi connectivity index (χ3v) is 2.64. The fraction of sp³-hybridized carbons (Fsp3) is 0.364. The van der Waals surface area contributed by atoms with Gasteiger partial charge in [0.05, 0.1) is 18.8 Å². The van der Waals surface area contributed by atoms with E-state index in [4.69, 9.17) is 22.2 Å². The van der Waals surface area contributed by atoms with Crippen molar-refractivity contribution in [3.05, 3.63) is 23.2 Å². The zero-order chi connectivity index (χ0) is 12.3. The van der Waals surface area contributed by atoms with Gasteiger partial charge in [0.1, 0.15) is 5.75 Å². The predicted octanol–water partition coefficient (Wildman–Crippen LogP) is 1.74. The SMILES string of the molecule is COc1ccc(Cl)cc1NC(=NC1CC1)NN. The molecule has 0 bridgehead atoms. The van der Waals surface area contributed by atoms with E-state index in [0.717, 1.165) is 18.5 Å². The predicted molar refractivity (Wildman–Crippen MR) is 69.4 cm³/mol. The Morgan fingerprint density at radius 1 is 1.53 bits per heavy atom. The van der Waals surface area contributed by atoms with E-state index < -0.39 is 0 Å². The van der Waals surface area contributed by atoms with Crippen LogP contribution < -0.4 is 21.3 Å². The Hall–Kier alpha value is -1.46. The van der Waals surface area contributed by atoms with E-state index in [-0.39, 0.29) is 0 Å². The number of halogens is 1. The zero-order valence-electron chi connectivity index (χ0n) is 9.53. The van der Waals surface area contributed by atoms with Crippen LogP contribution in [0.15, 0.2) is 23.2 Å². The molecular formula is C11H15ClN4O. The van der Waals surface area contributed by atoms with Gasteiger partial charge in [0, 0.05) is 5.02 Å². The number of hydrogen-bond acceptors (Lipinski definition) is 3. The number of nitrogens with two attached hydrogens (primary N) is 1. The van der Waals surface area contributed by atoms with Crippen molar-refractivity contribution >= 4 is 23.2 Å². The molecule has 0 unspecified atom stereocenters. The van der Waals surface area contributed by atoms with E-state index in [1.165, 1.54) is 0 Å². The van der Waals surface area contributed by atoms with E-state index in [9.17, 15) is 0 Å². The van der Waals surface area contributed by atoms with Crippen molar-refractivity contribution in [3.63, 3.8) is 0 Å². The van der Waals surface area contributed by atoms with Crippen LogP contribution in [0.2, 0.25) is 5.02 Å². The first-order chi connectivity index (χ1) is 8.22. The second-order valence-electron chi connectivity index (χ2n) is 3.82. The lowest BCUT2D eigenvalue weighted by Gasteiger charge is -2.12. The number of methoxy groups -OCH3 is 1. The van der Waals surface area contributed by atoms with Crippen LogP contribution in [0.4, 0.5) is 5.69 Å². The molecule has 0 spiro atoms. The number of rotatable bonds is 3. The molecule has 0 aliphatic heterocycles. The molecule has 17 heavy (non-hydrogen) atoms. The summed E-state index contributed by atoms with van der Waals surface area (Å²) in [6.07, 6.45) is 2.22. The van der Waals surface area contributed by atoms with E-state index >= 15 is 0 Å². The third-order valence-electron chi connectivity index (χ3n) is 2.41. The molecular weight excluding hydrogens is 240 g/mol. The highest BCUT2D eigenvalue weighted by molar-refractivity contribution is 6.31. The van der Waals surface area contributed by atoms with Crippen LogP contribution in [-0.4, -0.2) is 19.1 Å². The van der Waals surface area contributed by atoms with Gasteiger partial charge >= 0.3 is 0 Å². The third kappa shape index (κ3) is 3.25. The largest absolute Gasteiger partial charge is 0.495 e. The van der Waals surface area contributed by atoms with Crippen LogP contribution >= 0.6 is 11.6 Å². The van der Waals surface area contributed by atoms with Crippen LogP contribution in [0.25, 0.3) is 0 Å². The average Bonchev–Trinajstić information content (AvgIpc) is 3.12. The number of benzene rings is 1. The maximum Gasteiger partial charge on any atom is 0.210 e. The lowest BCUT2D eigenvalue weighted by molar-refractivity contribution is 0.417. The number of nitrogens with zero attached hydrogens (tertiary/aromatic N) is 1. The molecule has 0 atom stereocenters. The van der Waals surface area contributed by atoms with Gasteiger partial charge in [-0.1, -0.05) is 11.6 Å². The molecule has 4 N–H and O–H groups in total. The molecule has 5 nitrogen and oxygen atoms in total. The zero-order valence-corrected chi connectivity index (χ0v) is 10.3. The molecule has 1 saturated carbocycles. The summed E-state index contributed by atoms with van der Waals surface area (Å²) in [6.45, 7) is 0. The Morgan fingerprint density at radius 2 is 2.29 bits per heavy atom. The number of ether oxygens (including phenoxy) is 1. The quantitative estimate of drug-likeness (QED) is 0.333. The Bertz CT molecular complexity index is 431. The first kappa shape index (κ1) is 12.0. The van der Waals surface area contributed by atoms with Crippen molar-refractivity contribution in [2.75, 3.05) is 12.4 Å². The van der Waals surface area contributed by atoms with Crippen molar-refractivity contribution in [2.24, 2.45) is 10.8 Å². The highest BCUT2D eigenvalue weighted by Crippen LogP contribution is 2.28. The number of anilines is 1. The summed E-state index contributed by atoms with van der Waals surface area (Å²) in [5, 5.41) is 3.69. The highest BCUT2D eigenvalue weighted by atomic mass is 35.5. The maximum atomic E-state index is 5.93. The van der Waals surface area contributed by atoms with Crippen LogP contribution in [-0.2, 0) is 0 Å². The fourth-order valence-corrected chi connectivity index (χ4v) is 1.57. The summed E-state index contributed by atoms with van der Waals surface area (Å²) in [5.74, 6) is 6.62. The van der Waals surface area contributed by atoms with Gasteiger partial charge < -0.3 is 10.1 Å². The Morgan fingerprint density at radius 3 is 2.88 bits per heavy atom. The van der Waals surface area contributed by atoms with Gasteiger partial charge in [-0.3, -0.25) is 5.43 Å². The molecule has 92 valence electrons. The standard InChI is InChI=1S/C11H15ClN4O/c1-17-10-5-2-7(12)6-9(10)15-11(16-13)14-8-3-4-8/h2,5-6,8H,3-4,13H2,1H3,(H2,14,15,16). The number of hydrogen-bond donors (Lipinski definition) is 3. The lowest BCUT2D eigenvalue weighted by Crippen LogP contribution is -2.36. The minimum Gasteiger partial charge on any atom is -0.495 e. The molecule has 1 aliphatic rings. The molecule has 1 aliphatic carbocycles. The van der Waals surface area contributed by atoms with Gasteiger partial charge in [-0.2, -0.15) is 0 Å². The van der Waals surface area contributed by atoms with Crippen molar-refractivity contribution < 1.29 is 4.74 Å². The molecule has 0 radical (unpaired) electrons. The molecule has 2 rings (SSSR count). The Kier molecular flexibility index (Phi) is 3.71. The maximum absolute atomic E-state index is 5.93. The van der Waals surface area contributed by atoms with Crippen molar-refractivity contribution in [1.82, 2.24) is 5.43 Å². The second-order valence-corrected chi connectivity index (χ2v) is 4.26. The molecule has 1 fully saturated rings. The van der Waals surface area contributed by atoms with Crippen molar-refractivity contribution in [2.45, 2.75) is 18.9 Å². The van der Waals surface area contributed by atoms with E-state index in [1.54, 1.807) is 25.3 Å². The lowest BCUT2D eigenvalue weighted by atomic mass is 10.3. The summed E-state index contributed by atoms with van der Waals surface area (Å²) < 4.78 is 5.22. The van der Waals surface area contributed by atoms with Crippen molar-refractivity contribution in [3.8, 4) is 5.75 Å². The Balaban J connectivity index is 2.17. The molecule has 0 saturated heterocycles. The Labute approximate surface area is 105 Å². The minimum absolute atomic E-state index is 0.374. The summed E-state index contributed by atoms with van der Waals surface area (Å²) >= 11 is 5.93. The van der Waals surface area contributed by atoms with Gasteiger partial charge in [0.15, 0.2) is 0 Å². The van der Waals surface area contributed by atoms with Crippen LogP contribution in [0.5, 0.6) is 5.75 Å². The first-order valence-electron chi connectivity index (χ1n) is 5.38. The minimum atomic E-state index is 0.374. The van der Waals surface area contributed by atoms with Crippen LogP contribution in [0, 0.1) is 0 Å². The average molecular weight is 255 g/mol.